The molecule has 2 aromatic rings. The molecule has 4 nitrogen and oxygen atoms in total. The van der Waals surface area contributed by atoms with Crippen LogP contribution in [0.2, 0.25) is 0 Å². The van der Waals surface area contributed by atoms with Crippen LogP contribution in [-0.2, 0) is 4.79 Å². The maximum atomic E-state index is 11.9. The zero-order valence-corrected chi connectivity index (χ0v) is 11.5. The number of carbonyl (C=O) groups excluding carboxylic acids is 2. The van der Waals surface area contributed by atoms with E-state index in [1.165, 1.54) is 19.1 Å². The quantitative estimate of drug-likeness (QED) is 0.668. The molecule has 0 aliphatic carbocycles. The van der Waals surface area contributed by atoms with Gasteiger partial charge in [-0.3, -0.25) is 9.59 Å². The minimum Gasteiger partial charge on any atom is -0.507 e. The van der Waals surface area contributed by atoms with E-state index in [9.17, 15) is 14.7 Å². The minimum atomic E-state index is -0.265. The van der Waals surface area contributed by atoms with E-state index >= 15 is 0 Å². The Morgan fingerprint density at radius 2 is 1.71 bits per heavy atom. The molecule has 0 unspecified atom stereocenters. The third-order valence-electron chi connectivity index (χ3n) is 2.83. The second kappa shape index (κ2) is 6.52. The summed E-state index contributed by atoms with van der Waals surface area (Å²) in [7, 11) is 0. The summed E-state index contributed by atoms with van der Waals surface area (Å²) in [5.41, 5.74) is 1.79. The predicted molar refractivity (Wildman–Crippen MR) is 82.2 cm³/mol. The van der Waals surface area contributed by atoms with Gasteiger partial charge in [-0.25, -0.2) is 0 Å². The van der Waals surface area contributed by atoms with Crippen LogP contribution in [0.3, 0.4) is 0 Å². The van der Waals surface area contributed by atoms with Crippen LogP contribution < -0.4 is 5.32 Å². The van der Waals surface area contributed by atoms with Crippen molar-refractivity contribution < 1.29 is 14.7 Å². The summed E-state index contributed by atoms with van der Waals surface area (Å²) in [6.07, 6.45) is 3.06. The summed E-state index contributed by atoms with van der Waals surface area (Å²) < 4.78 is 0. The molecule has 21 heavy (non-hydrogen) atoms. The van der Waals surface area contributed by atoms with Gasteiger partial charge in [0, 0.05) is 12.6 Å². The molecule has 4 heteroatoms. The molecule has 0 atom stereocenters. The van der Waals surface area contributed by atoms with Gasteiger partial charge in [-0.15, -0.1) is 0 Å². The molecule has 0 saturated heterocycles. The van der Waals surface area contributed by atoms with Crippen molar-refractivity contribution >= 4 is 23.5 Å². The number of allylic oxidation sites excluding steroid dienone is 1. The van der Waals surface area contributed by atoms with E-state index in [2.05, 4.69) is 5.32 Å². The first-order valence-electron chi connectivity index (χ1n) is 6.44. The Kier molecular flexibility index (Phi) is 4.51. The van der Waals surface area contributed by atoms with Crippen LogP contribution in [0.15, 0.2) is 54.6 Å². The van der Waals surface area contributed by atoms with E-state index in [0.29, 0.717) is 5.69 Å². The lowest BCUT2D eigenvalue weighted by atomic mass is 10.1. The fourth-order valence-corrected chi connectivity index (χ4v) is 1.82. The first kappa shape index (κ1) is 14.5. The molecule has 2 aromatic carbocycles. The zero-order chi connectivity index (χ0) is 15.2. The Morgan fingerprint density at radius 3 is 2.33 bits per heavy atom. The van der Waals surface area contributed by atoms with Crippen molar-refractivity contribution in [2.24, 2.45) is 0 Å². The third-order valence-corrected chi connectivity index (χ3v) is 2.83. The van der Waals surface area contributed by atoms with Crippen LogP contribution in [0.5, 0.6) is 5.75 Å². The van der Waals surface area contributed by atoms with Crippen LogP contribution in [0.25, 0.3) is 6.08 Å². The highest BCUT2D eigenvalue weighted by Crippen LogP contribution is 2.17. The van der Waals surface area contributed by atoms with Gasteiger partial charge in [0.05, 0.1) is 5.56 Å². The Morgan fingerprint density at radius 1 is 1.05 bits per heavy atom. The smallest absolute Gasteiger partial charge is 0.221 e. The molecule has 0 bridgehead atoms. The van der Waals surface area contributed by atoms with Gasteiger partial charge in [0.25, 0.3) is 0 Å². The largest absolute Gasteiger partial charge is 0.507 e. The van der Waals surface area contributed by atoms with Crippen molar-refractivity contribution in [3.63, 3.8) is 0 Å². The topological polar surface area (TPSA) is 66.4 Å². The average Bonchev–Trinajstić information content (AvgIpc) is 2.46. The number of anilines is 1. The molecule has 0 spiro atoms. The molecule has 106 valence electrons. The Bertz CT molecular complexity index is 687. The van der Waals surface area contributed by atoms with E-state index in [-0.39, 0.29) is 23.0 Å². The Hall–Kier alpha value is -2.88. The number of carbonyl (C=O) groups is 2. The van der Waals surface area contributed by atoms with Crippen molar-refractivity contribution in [1.82, 2.24) is 0 Å². The van der Waals surface area contributed by atoms with E-state index < -0.39 is 0 Å². The summed E-state index contributed by atoms with van der Waals surface area (Å²) in [4.78, 5) is 22.9. The highest BCUT2D eigenvalue weighted by atomic mass is 16.3. The molecular weight excluding hydrogens is 266 g/mol. The fraction of sp³-hybridized carbons (Fsp3) is 0.0588. The van der Waals surface area contributed by atoms with E-state index in [1.807, 2.05) is 0 Å². The summed E-state index contributed by atoms with van der Waals surface area (Å²) in [5, 5.41) is 12.3. The molecule has 0 radical (unpaired) electrons. The van der Waals surface area contributed by atoms with Gasteiger partial charge >= 0.3 is 0 Å². The molecular formula is C17H15NO3. The number of phenols is 1. The molecule has 0 aliphatic heterocycles. The van der Waals surface area contributed by atoms with Gasteiger partial charge in [0.1, 0.15) is 5.75 Å². The number of nitrogens with one attached hydrogen (secondary N) is 1. The number of aromatic hydroxyl groups is 1. The molecule has 0 aliphatic rings. The second-order valence-electron chi connectivity index (χ2n) is 4.52. The standard InChI is InChI=1S/C17H15NO3/c1-12(19)18-14-9-6-13(7-10-14)8-11-17(21)15-4-2-3-5-16(15)20/h2-11,20H,1H3,(H,18,19). The number of phenolic OH excluding ortho intramolecular Hbond substituents is 1. The average molecular weight is 281 g/mol. The molecule has 0 fully saturated rings. The second-order valence-corrected chi connectivity index (χ2v) is 4.52. The van der Waals surface area contributed by atoms with Gasteiger partial charge in [0.15, 0.2) is 5.78 Å². The molecule has 0 heterocycles. The van der Waals surface area contributed by atoms with Crippen LogP contribution in [-0.4, -0.2) is 16.8 Å². The third kappa shape index (κ3) is 4.04. The maximum Gasteiger partial charge on any atom is 0.221 e. The van der Waals surface area contributed by atoms with Crippen molar-refractivity contribution in [2.45, 2.75) is 6.92 Å². The molecule has 0 saturated carbocycles. The first-order valence-corrected chi connectivity index (χ1v) is 6.44. The van der Waals surface area contributed by atoms with Crippen molar-refractivity contribution in [3.05, 3.63) is 65.7 Å². The van der Waals surface area contributed by atoms with Gasteiger partial charge in [-0.1, -0.05) is 30.3 Å². The predicted octanol–water partition coefficient (Wildman–Crippen LogP) is 3.25. The van der Waals surface area contributed by atoms with Crippen molar-refractivity contribution in [2.75, 3.05) is 5.32 Å². The van der Waals surface area contributed by atoms with Crippen LogP contribution in [0.4, 0.5) is 5.69 Å². The highest BCUT2D eigenvalue weighted by molar-refractivity contribution is 6.08. The number of benzene rings is 2. The minimum absolute atomic E-state index is 0.0341. The fourth-order valence-electron chi connectivity index (χ4n) is 1.82. The van der Waals surface area contributed by atoms with Gasteiger partial charge in [-0.05, 0) is 35.9 Å². The summed E-state index contributed by atoms with van der Waals surface area (Å²) in [6, 6.07) is 13.5. The molecule has 1 amide bonds. The summed E-state index contributed by atoms with van der Waals surface area (Å²) in [5.74, 6) is -0.430. The number of para-hydroxylation sites is 1. The van der Waals surface area contributed by atoms with Crippen molar-refractivity contribution in [3.8, 4) is 5.75 Å². The van der Waals surface area contributed by atoms with Gasteiger partial charge < -0.3 is 10.4 Å². The summed E-state index contributed by atoms with van der Waals surface area (Å²) >= 11 is 0. The van der Waals surface area contributed by atoms with Gasteiger partial charge in [-0.2, -0.15) is 0 Å². The lowest BCUT2D eigenvalue weighted by molar-refractivity contribution is -0.114. The van der Waals surface area contributed by atoms with Crippen molar-refractivity contribution in [1.29, 1.82) is 0 Å². The SMILES string of the molecule is CC(=O)Nc1ccc(C=CC(=O)c2ccccc2O)cc1. The van der Waals surface area contributed by atoms with Crippen LogP contribution in [0.1, 0.15) is 22.8 Å². The highest BCUT2D eigenvalue weighted by Gasteiger charge is 2.06. The Labute approximate surface area is 122 Å². The maximum absolute atomic E-state index is 11.9. The monoisotopic (exact) mass is 281 g/mol. The number of hydrogen-bond donors (Lipinski definition) is 2. The number of rotatable bonds is 4. The summed E-state index contributed by atoms with van der Waals surface area (Å²) in [6.45, 7) is 1.44. The van der Waals surface area contributed by atoms with E-state index in [1.54, 1.807) is 48.5 Å². The normalized spacial score (nSPS) is 10.5. The van der Waals surface area contributed by atoms with E-state index in [0.717, 1.165) is 5.56 Å². The molecule has 0 aromatic heterocycles. The number of hydrogen-bond acceptors (Lipinski definition) is 3. The zero-order valence-electron chi connectivity index (χ0n) is 11.5. The van der Waals surface area contributed by atoms with Gasteiger partial charge in [0.2, 0.25) is 5.91 Å². The van der Waals surface area contributed by atoms with Crippen LogP contribution in [0, 0.1) is 0 Å². The molecule has 2 rings (SSSR count). The number of ketones is 1. The first-order chi connectivity index (χ1) is 10.1. The van der Waals surface area contributed by atoms with E-state index in [4.69, 9.17) is 0 Å². The number of amides is 1. The molecule has 2 N–H and O–H groups in total. The Balaban J connectivity index is 2.09. The lowest BCUT2D eigenvalue weighted by Gasteiger charge is -2.02. The lowest BCUT2D eigenvalue weighted by Crippen LogP contribution is -2.05. The van der Waals surface area contributed by atoms with Crippen LogP contribution >= 0.6 is 0 Å².